The van der Waals surface area contributed by atoms with Crippen LogP contribution in [0.25, 0.3) is 0 Å². The van der Waals surface area contributed by atoms with Crippen LogP contribution in [0.5, 0.6) is 5.75 Å². The van der Waals surface area contributed by atoms with Crippen molar-refractivity contribution in [3.63, 3.8) is 0 Å². The van der Waals surface area contributed by atoms with E-state index in [-0.39, 0.29) is 6.10 Å². The van der Waals surface area contributed by atoms with E-state index >= 15 is 0 Å². The first-order chi connectivity index (χ1) is 14.2. The van der Waals surface area contributed by atoms with Crippen molar-refractivity contribution in [1.82, 2.24) is 20.4 Å². The molecule has 0 bridgehead atoms. The van der Waals surface area contributed by atoms with Gasteiger partial charge in [0.05, 0.1) is 25.9 Å². The number of benzene rings is 1. The van der Waals surface area contributed by atoms with Gasteiger partial charge in [-0.2, -0.15) is 0 Å². The van der Waals surface area contributed by atoms with Crippen LogP contribution in [0, 0.1) is 0 Å². The molecular weight excluding hydrogens is 366 g/mol. The third-order valence-electron chi connectivity index (χ3n) is 5.86. The maximum atomic E-state index is 5.85. The minimum absolute atomic E-state index is 0.201. The first-order valence-corrected chi connectivity index (χ1v) is 10.8. The lowest BCUT2D eigenvalue weighted by Gasteiger charge is -2.35. The van der Waals surface area contributed by atoms with Gasteiger partial charge in [0.25, 0.3) is 0 Å². The zero-order valence-electron chi connectivity index (χ0n) is 18.2. The summed E-state index contributed by atoms with van der Waals surface area (Å²) in [6, 6.07) is 8.78. The van der Waals surface area contributed by atoms with Crippen LogP contribution >= 0.6 is 0 Å². The Morgan fingerprint density at radius 1 is 1.17 bits per heavy atom. The summed E-state index contributed by atoms with van der Waals surface area (Å²) in [5.74, 6) is 1.73. The lowest BCUT2D eigenvalue weighted by molar-refractivity contribution is -0.0161. The van der Waals surface area contributed by atoms with Crippen LogP contribution in [0.15, 0.2) is 29.3 Å². The third-order valence-corrected chi connectivity index (χ3v) is 5.86. The molecule has 0 aliphatic carbocycles. The second-order valence-electron chi connectivity index (χ2n) is 7.97. The molecular formula is C22H37N5O2. The van der Waals surface area contributed by atoms with Crippen molar-refractivity contribution in [2.45, 2.75) is 31.4 Å². The Morgan fingerprint density at radius 2 is 1.93 bits per heavy atom. The van der Waals surface area contributed by atoms with Crippen LogP contribution in [0.2, 0.25) is 0 Å². The molecule has 2 N–H and O–H groups in total. The molecule has 0 amide bonds. The summed E-state index contributed by atoms with van der Waals surface area (Å²) in [7, 11) is 5.68. The van der Waals surface area contributed by atoms with E-state index in [4.69, 9.17) is 9.47 Å². The van der Waals surface area contributed by atoms with E-state index in [1.165, 1.54) is 24.8 Å². The Labute approximate surface area is 175 Å². The molecule has 29 heavy (non-hydrogen) atoms. The second kappa shape index (κ2) is 11.4. The minimum Gasteiger partial charge on any atom is -0.497 e. The van der Waals surface area contributed by atoms with Gasteiger partial charge in [-0.3, -0.25) is 9.89 Å². The number of piperidine rings is 1. The van der Waals surface area contributed by atoms with Crippen LogP contribution < -0.4 is 15.4 Å². The monoisotopic (exact) mass is 403 g/mol. The average Bonchev–Trinajstić information content (AvgIpc) is 2.77. The van der Waals surface area contributed by atoms with Crippen LogP contribution in [0.3, 0.4) is 0 Å². The van der Waals surface area contributed by atoms with Crippen LogP contribution in [-0.4, -0.2) is 88.9 Å². The number of rotatable bonds is 7. The Kier molecular flexibility index (Phi) is 8.58. The topological polar surface area (TPSA) is 61.4 Å². The number of ether oxygens (including phenoxy) is 2. The number of nitrogens with zero attached hydrogens (tertiary/aromatic N) is 3. The summed E-state index contributed by atoms with van der Waals surface area (Å²) >= 11 is 0. The maximum Gasteiger partial charge on any atom is 0.191 e. The van der Waals surface area contributed by atoms with Gasteiger partial charge in [0.2, 0.25) is 0 Å². The predicted molar refractivity (Wildman–Crippen MR) is 118 cm³/mol. The summed E-state index contributed by atoms with van der Waals surface area (Å²) in [6.07, 6.45) is 4.07. The number of likely N-dealkylation sites (N-methyl/N-ethyl adjacent to an activating group) is 1. The van der Waals surface area contributed by atoms with E-state index in [0.29, 0.717) is 6.04 Å². The molecule has 1 aromatic carbocycles. The van der Waals surface area contributed by atoms with Crippen molar-refractivity contribution >= 4 is 5.96 Å². The summed E-state index contributed by atoms with van der Waals surface area (Å²) in [5.41, 5.74) is 1.31. The maximum absolute atomic E-state index is 5.85. The highest BCUT2D eigenvalue weighted by molar-refractivity contribution is 5.79. The summed E-state index contributed by atoms with van der Waals surface area (Å²) < 4.78 is 11.2. The average molecular weight is 404 g/mol. The second-order valence-corrected chi connectivity index (χ2v) is 7.97. The lowest BCUT2D eigenvalue weighted by atomic mass is 10.0. The predicted octanol–water partition coefficient (Wildman–Crippen LogP) is 1.72. The number of likely N-dealkylation sites (tertiary alicyclic amines) is 1. The van der Waals surface area contributed by atoms with Crippen molar-refractivity contribution in [2.75, 3.05) is 67.1 Å². The van der Waals surface area contributed by atoms with E-state index in [2.05, 4.69) is 56.7 Å². The quantitative estimate of drug-likeness (QED) is 0.534. The standard InChI is InChI=1S/C22H37N5O2/c1-23-22(24-15-20-17-26(2)13-14-29-20)25-16-21(27-11-5-4-6-12-27)18-7-9-19(28-3)10-8-18/h7-10,20-21H,4-6,11-17H2,1-3H3,(H2,23,24,25). The molecule has 0 spiro atoms. The molecule has 0 saturated carbocycles. The molecule has 2 aliphatic heterocycles. The number of morpholine rings is 1. The van der Waals surface area contributed by atoms with Crippen molar-refractivity contribution in [1.29, 1.82) is 0 Å². The highest BCUT2D eigenvalue weighted by Crippen LogP contribution is 2.25. The summed E-state index contributed by atoms with van der Waals surface area (Å²) in [5, 5.41) is 6.98. The van der Waals surface area contributed by atoms with Gasteiger partial charge in [0.15, 0.2) is 5.96 Å². The van der Waals surface area contributed by atoms with E-state index in [0.717, 1.165) is 57.6 Å². The molecule has 2 fully saturated rings. The van der Waals surface area contributed by atoms with Gasteiger partial charge >= 0.3 is 0 Å². The molecule has 0 aromatic heterocycles. The molecule has 2 saturated heterocycles. The fraction of sp³-hybridized carbons (Fsp3) is 0.682. The van der Waals surface area contributed by atoms with Gasteiger partial charge in [-0.15, -0.1) is 0 Å². The molecule has 1 aromatic rings. The van der Waals surface area contributed by atoms with Gasteiger partial charge in [-0.25, -0.2) is 0 Å². The highest BCUT2D eigenvalue weighted by Gasteiger charge is 2.23. The van der Waals surface area contributed by atoms with Crippen molar-refractivity contribution in [3.05, 3.63) is 29.8 Å². The first-order valence-electron chi connectivity index (χ1n) is 10.8. The molecule has 2 heterocycles. The van der Waals surface area contributed by atoms with Crippen molar-refractivity contribution in [3.8, 4) is 5.75 Å². The SMILES string of the molecule is CN=C(NCC1CN(C)CCO1)NCC(c1ccc(OC)cc1)N1CCCCC1. The van der Waals surface area contributed by atoms with Crippen molar-refractivity contribution < 1.29 is 9.47 Å². The lowest BCUT2D eigenvalue weighted by Crippen LogP contribution is -2.49. The summed E-state index contributed by atoms with van der Waals surface area (Å²) in [6.45, 7) is 6.62. The minimum atomic E-state index is 0.201. The smallest absolute Gasteiger partial charge is 0.191 e. The number of aliphatic imine (C=N–C) groups is 1. The fourth-order valence-electron chi connectivity index (χ4n) is 4.13. The number of methoxy groups -OCH3 is 1. The Hall–Kier alpha value is -1.83. The molecule has 0 radical (unpaired) electrons. The van der Waals surface area contributed by atoms with E-state index in [1.54, 1.807) is 7.11 Å². The van der Waals surface area contributed by atoms with Gasteiger partial charge < -0.3 is 25.0 Å². The zero-order chi connectivity index (χ0) is 20.5. The third kappa shape index (κ3) is 6.59. The number of hydrogen-bond donors (Lipinski definition) is 2. The van der Waals surface area contributed by atoms with E-state index in [9.17, 15) is 0 Å². The molecule has 2 unspecified atom stereocenters. The van der Waals surface area contributed by atoms with Gasteiger partial charge in [0.1, 0.15) is 5.75 Å². The van der Waals surface area contributed by atoms with Gasteiger partial charge in [-0.1, -0.05) is 18.6 Å². The fourth-order valence-corrected chi connectivity index (χ4v) is 4.13. The molecule has 3 rings (SSSR count). The van der Waals surface area contributed by atoms with Crippen LogP contribution in [0.1, 0.15) is 30.9 Å². The molecule has 7 nitrogen and oxygen atoms in total. The Balaban J connectivity index is 1.58. The number of guanidine groups is 1. The zero-order valence-corrected chi connectivity index (χ0v) is 18.2. The molecule has 7 heteroatoms. The van der Waals surface area contributed by atoms with E-state index in [1.807, 2.05) is 7.05 Å². The molecule has 2 atom stereocenters. The number of nitrogens with one attached hydrogen (secondary N) is 2. The first kappa shape index (κ1) is 21.9. The van der Waals surface area contributed by atoms with Crippen LogP contribution in [-0.2, 0) is 4.74 Å². The highest BCUT2D eigenvalue weighted by atomic mass is 16.5. The number of hydrogen-bond acceptors (Lipinski definition) is 5. The Morgan fingerprint density at radius 3 is 2.59 bits per heavy atom. The van der Waals surface area contributed by atoms with Crippen LogP contribution in [0.4, 0.5) is 0 Å². The summed E-state index contributed by atoms with van der Waals surface area (Å²) in [4.78, 5) is 9.31. The van der Waals surface area contributed by atoms with Crippen molar-refractivity contribution in [2.24, 2.45) is 4.99 Å². The molecule has 162 valence electrons. The van der Waals surface area contributed by atoms with Gasteiger partial charge in [0, 0.05) is 33.2 Å². The normalized spacial score (nSPS) is 22.9. The molecule has 2 aliphatic rings. The van der Waals surface area contributed by atoms with E-state index < -0.39 is 0 Å². The largest absolute Gasteiger partial charge is 0.497 e. The van der Waals surface area contributed by atoms with Gasteiger partial charge in [-0.05, 0) is 50.7 Å². The Bertz CT molecular complexity index is 631.